The molecule has 1 saturated heterocycles. The van der Waals surface area contributed by atoms with Gasteiger partial charge in [0.2, 0.25) is 5.95 Å². The van der Waals surface area contributed by atoms with Gasteiger partial charge < -0.3 is 15.0 Å². The van der Waals surface area contributed by atoms with Gasteiger partial charge in [0, 0.05) is 37.4 Å². The smallest absolute Gasteiger partial charge is 0.242 e. The molecule has 3 aromatic rings. The van der Waals surface area contributed by atoms with Crippen molar-refractivity contribution < 1.29 is 4.74 Å². The number of nitrogens with one attached hydrogen (secondary N) is 1. The van der Waals surface area contributed by atoms with Gasteiger partial charge in [-0.2, -0.15) is 4.98 Å². The zero-order chi connectivity index (χ0) is 22.4. The Morgan fingerprint density at radius 3 is 2.67 bits per heavy atom. The molecular weight excluding hydrogens is 414 g/mol. The highest BCUT2D eigenvalue weighted by Gasteiger charge is 2.43. The van der Waals surface area contributed by atoms with Gasteiger partial charge in [0.15, 0.2) is 11.9 Å². The molecule has 8 heteroatoms. The van der Waals surface area contributed by atoms with E-state index in [0.29, 0.717) is 17.9 Å². The second-order valence-electron chi connectivity index (χ2n) is 9.77. The molecule has 6 rings (SSSR count). The number of fused-ring (bicyclic) bond motifs is 3. The number of piperidine rings is 1. The zero-order valence-electron chi connectivity index (χ0n) is 19.3. The van der Waals surface area contributed by atoms with Gasteiger partial charge in [-0.05, 0) is 69.1 Å². The molecule has 1 aliphatic carbocycles. The second kappa shape index (κ2) is 8.32. The van der Waals surface area contributed by atoms with Crippen LogP contribution in [0.2, 0.25) is 0 Å². The first-order valence-electron chi connectivity index (χ1n) is 12.1. The van der Waals surface area contributed by atoms with Gasteiger partial charge in [-0.25, -0.2) is 14.6 Å². The van der Waals surface area contributed by atoms with E-state index in [1.165, 1.54) is 18.4 Å². The highest BCUT2D eigenvalue weighted by Crippen LogP contribution is 2.40. The van der Waals surface area contributed by atoms with Crippen molar-refractivity contribution in [1.29, 1.82) is 0 Å². The molecule has 8 nitrogen and oxygen atoms in total. The van der Waals surface area contributed by atoms with Crippen LogP contribution in [0, 0.1) is 25.7 Å². The number of rotatable bonds is 5. The van der Waals surface area contributed by atoms with Crippen LogP contribution >= 0.6 is 0 Å². The number of nitrogens with zero attached hydrogens (tertiary/aromatic N) is 6. The normalized spacial score (nSPS) is 26.2. The number of aromatic nitrogens is 5. The SMILES string of the molecule is Cc1cccc(O[C@@H]2CCCn3nc(NC4C5CC[C@@H]4CN(c4cc(C)ncn4)C5)nc32)c1. The maximum Gasteiger partial charge on any atom is 0.242 e. The fourth-order valence-corrected chi connectivity index (χ4v) is 5.75. The van der Waals surface area contributed by atoms with E-state index in [1.54, 1.807) is 6.33 Å². The van der Waals surface area contributed by atoms with Crippen LogP contribution in [0.1, 0.15) is 48.9 Å². The summed E-state index contributed by atoms with van der Waals surface area (Å²) < 4.78 is 8.36. The third-order valence-corrected chi connectivity index (χ3v) is 7.34. The van der Waals surface area contributed by atoms with Gasteiger partial charge in [-0.3, -0.25) is 0 Å². The average Bonchev–Trinajstić information content (AvgIpc) is 3.31. The topological polar surface area (TPSA) is 81.0 Å². The lowest BCUT2D eigenvalue weighted by atomic mass is 9.92. The van der Waals surface area contributed by atoms with Crippen LogP contribution in [0.5, 0.6) is 5.75 Å². The molecule has 0 radical (unpaired) electrons. The summed E-state index contributed by atoms with van der Waals surface area (Å²) in [4.78, 5) is 16.1. The number of benzene rings is 1. The molecule has 2 aromatic heterocycles. The van der Waals surface area contributed by atoms with Gasteiger partial charge in [0.05, 0.1) is 0 Å². The van der Waals surface area contributed by atoms with Crippen molar-refractivity contribution in [2.24, 2.45) is 11.8 Å². The van der Waals surface area contributed by atoms with E-state index < -0.39 is 0 Å². The van der Waals surface area contributed by atoms with Crippen LogP contribution in [0.4, 0.5) is 11.8 Å². The van der Waals surface area contributed by atoms with Crippen LogP contribution in [-0.4, -0.2) is 43.9 Å². The highest BCUT2D eigenvalue weighted by molar-refractivity contribution is 5.41. The first-order chi connectivity index (χ1) is 16.1. The van der Waals surface area contributed by atoms with Crippen molar-refractivity contribution in [2.45, 2.75) is 58.2 Å². The standard InChI is InChI=1S/C25H31N7O/c1-16-5-3-6-20(11-16)33-21-7-4-10-32-24(21)29-25(30-32)28-23-18-8-9-19(23)14-31(13-18)22-12-17(2)26-15-27-22/h3,5-6,11-12,15,18-19,21,23H,4,7-10,13-14H2,1-2H3,(H,28,30)/t18-,19?,21-,23?/m1/s1. The van der Waals surface area contributed by atoms with Crippen LogP contribution in [0.15, 0.2) is 36.7 Å². The molecule has 1 saturated carbocycles. The van der Waals surface area contributed by atoms with Gasteiger partial charge >= 0.3 is 0 Å². The molecule has 172 valence electrons. The van der Waals surface area contributed by atoms with E-state index in [2.05, 4.69) is 45.3 Å². The average molecular weight is 446 g/mol. The van der Waals surface area contributed by atoms with Crippen molar-refractivity contribution in [1.82, 2.24) is 24.7 Å². The van der Waals surface area contributed by atoms with E-state index in [1.807, 2.05) is 23.7 Å². The summed E-state index contributed by atoms with van der Waals surface area (Å²) in [5, 5.41) is 8.54. The number of ether oxygens (including phenoxy) is 1. The summed E-state index contributed by atoms with van der Waals surface area (Å²) in [7, 11) is 0. The number of hydrogen-bond acceptors (Lipinski definition) is 7. The zero-order valence-corrected chi connectivity index (χ0v) is 19.3. The minimum atomic E-state index is -0.0526. The van der Waals surface area contributed by atoms with Crippen molar-refractivity contribution >= 4 is 11.8 Å². The fourth-order valence-electron chi connectivity index (χ4n) is 5.75. The number of aryl methyl sites for hydroxylation is 3. The Bertz CT molecular complexity index is 1130. The molecule has 2 fully saturated rings. The summed E-state index contributed by atoms with van der Waals surface area (Å²) in [6, 6.07) is 10.7. The molecule has 2 bridgehead atoms. The third kappa shape index (κ3) is 4.03. The van der Waals surface area contributed by atoms with Crippen LogP contribution in [0.25, 0.3) is 0 Å². The monoisotopic (exact) mass is 445 g/mol. The Labute approximate surface area is 194 Å². The Balaban J connectivity index is 1.17. The van der Waals surface area contributed by atoms with Gasteiger partial charge in [0.1, 0.15) is 17.9 Å². The summed E-state index contributed by atoms with van der Waals surface area (Å²) in [6.45, 7) is 7.03. The second-order valence-corrected chi connectivity index (χ2v) is 9.77. The van der Waals surface area contributed by atoms with Gasteiger partial charge in [-0.1, -0.05) is 12.1 Å². The Morgan fingerprint density at radius 2 is 1.88 bits per heavy atom. The first kappa shape index (κ1) is 20.4. The molecular formula is C25H31N7O. The van der Waals surface area contributed by atoms with Crippen molar-refractivity contribution in [3.8, 4) is 5.75 Å². The predicted molar refractivity (Wildman–Crippen MR) is 126 cm³/mol. The Morgan fingerprint density at radius 1 is 1.03 bits per heavy atom. The minimum Gasteiger partial charge on any atom is -0.482 e. The maximum atomic E-state index is 6.32. The molecule has 1 aromatic carbocycles. The van der Waals surface area contributed by atoms with Crippen molar-refractivity contribution in [2.75, 3.05) is 23.3 Å². The van der Waals surface area contributed by atoms with Gasteiger partial charge in [-0.15, -0.1) is 5.10 Å². The molecule has 2 unspecified atom stereocenters. The predicted octanol–water partition coefficient (Wildman–Crippen LogP) is 3.93. The van der Waals surface area contributed by atoms with E-state index in [4.69, 9.17) is 14.8 Å². The molecule has 33 heavy (non-hydrogen) atoms. The number of anilines is 2. The fraction of sp³-hybridized carbons (Fsp3) is 0.520. The van der Waals surface area contributed by atoms with E-state index in [9.17, 15) is 0 Å². The highest BCUT2D eigenvalue weighted by atomic mass is 16.5. The lowest BCUT2D eigenvalue weighted by Crippen LogP contribution is -2.48. The summed E-state index contributed by atoms with van der Waals surface area (Å²) in [6.07, 6.45) is 6.10. The van der Waals surface area contributed by atoms with E-state index >= 15 is 0 Å². The summed E-state index contributed by atoms with van der Waals surface area (Å²) in [5.41, 5.74) is 2.22. The third-order valence-electron chi connectivity index (χ3n) is 7.34. The van der Waals surface area contributed by atoms with Crippen LogP contribution in [0.3, 0.4) is 0 Å². The summed E-state index contributed by atoms with van der Waals surface area (Å²) >= 11 is 0. The van der Waals surface area contributed by atoms with E-state index in [-0.39, 0.29) is 6.10 Å². The molecule has 0 spiro atoms. The number of hydrogen-bond donors (Lipinski definition) is 1. The molecule has 4 heterocycles. The summed E-state index contributed by atoms with van der Waals surface area (Å²) in [5.74, 6) is 4.77. The quantitative estimate of drug-likeness (QED) is 0.637. The molecule has 4 atom stereocenters. The Hall–Kier alpha value is -3.16. The maximum absolute atomic E-state index is 6.32. The van der Waals surface area contributed by atoms with Crippen LogP contribution < -0.4 is 15.0 Å². The molecule has 3 aliphatic rings. The largest absolute Gasteiger partial charge is 0.482 e. The molecule has 2 aliphatic heterocycles. The lowest BCUT2D eigenvalue weighted by molar-refractivity contribution is 0.155. The van der Waals surface area contributed by atoms with Crippen LogP contribution in [-0.2, 0) is 6.54 Å². The lowest BCUT2D eigenvalue weighted by Gasteiger charge is -2.38. The van der Waals surface area contributed by atoms with Crippen molar-refractivity contribution in [3.63, 3.8) is 0 Å². The molecule has 1 N–H and O–H groups in total. The minimum absolute atomic E-state index is 0.0526. The first-order valence-corrected chi connectivity index (χ1v) is 12.1. The van der Waals surface area contributed by atoms with Gasteiger partial charge in [0.25, 0.3) is 0 Å². The molecule has 0 amide bonds. The van der Waals surface area contributed by atoms with E-state index in [0.717, 1.165) is 61.5 Å². The Kier molecular flexibility index (Phi) is 5.15. The van der Waals surface area contributed by atoms with Crippen molar-refractivity contribution in [3.05, 3.63) is 53.7 Å².